The van der Waals surface area contributed by atoms with Gasteiger partial charge in [-0.1, -0.05) is 59.6 Å². The van der Waals surface area contributed by atoms with E-state index in [9.17, 15) is 14.4 Å². The zero-order chi connectivity index (χ0) is 23.4. The lowest BCUT2D eigenvalue weighted by Gasteiger charge is -2.24. The molecular formula is C25H27Cl2N3O3. The second kappa shape index (κ2) is 10.7. The van der Waals surface area contributed by atoms with Crippen molar-refractivity contribution < 1.29 is 14.4 Å². The number of carbonyl (C=O) groups excluding carboxylic acids is 3. The Labute approximate surface area is 203 Å². The molecule has 0 bridgehead atoms. The third kappa shape index (κ3) is 5.75. The number of nitrogens with zero attached hydrogens (tertiary/aromatic N) is 2. The number of halogens is 2. The number of hydrogen-bond acceptors (Lipinski definition) is 4. The molecule has 0 saturated carbocycles. The van der Waals surface area contributed by atoms with Crippen molar-refractivity contribution in [3.8, 4) is 0 Å². The highest BCUT2D eigenvalue weighted by atomic mass is 35.5. The van der Waals surface area contributed by atoms with Crippen LogP contribution >= 0.6 is 23.2 Å². The minimum absolute atomic E-state index is 0.0300. The van der Waals surface area contributed by atoms with Crippen LogP contribution in [0, 0.1) is 5.92 Å². The van der Waals surface area contributed by atoms with Crippen LogP contribution in [0.3, 0.4) is 0 Å². The van der Waals surface area contributed by atoms with Gasteiger partial charge in [-0.05, 0) is 42.5 Å². The van der Waals surface area contributed by atoms with Crippen LogP contribution in [0.4, 0.5) is 0 Å². The summed E-state index contributed by atoms with van der Waals surface area (Å²) in [4.78, 5) is 41.6. The van der Waals surface area contributed by atoms with Crippen molar-refractivity contribution in [1.82, 2.24) is 15.1 Å². The van der Waals surface area contributed by atoms with E-state index in [-0.39, 0.29) is 18.5 Å². The van der Waals surface area contributed by atoms with Gasteiger partial charge in [0.1, 0.15) is 5.92 Å². The fourth-order valence-electron chi connectivity index (χ4n) is 4.54. The number of ketones is 1. The van der Waals surface area contributed by atoms with Crippen LogP contribution in [0.25, 0.3) is 0 Å². The van der Waals surface area contributed by atoms with Crippen LogP contribution in [0.2, 0.25) is 10.0 Å². The lowest BCUT2D eigenvalue weighted by Crippen LogP contribution is -2.40. The minimum atomic E-state index is -0.925. The number of benzene rings is 2. The van der Waals surface area contributed by atoms with E-state index in [0.29, 0.717) is 29.6 Å². The van der Waals surface area contributed by atoms with Crippen molar-refractivity contribution in [1.29, 1.82) is 0 Å². The van der Waals surface area contributed by atoms with E-state index in [1.807, 2.05) is 30.3 Å². The second-order valence-electron chi connectivity index (χ2n) is 8.68. The summed E-state index contributed by atoms with van der Waals surface area (Å²) in [6.45, 7) is 2.98. The van der Waals surface area contributed by atoms with Crippen molar-refractivity contribution in [3.05, 3.63) is 69.7 Å². The predicted molar refractivity (Wildman–Crippen MR) is 128 cm³/mol. The molecule has 0 spiro atoms. The zero-order valence-electron chi connectivity index (χ0n) is 18.3. The highest BCUT2D eigenvalue weighted by molar-refractivity contribution is 6.42. The highest BCUT2D eigenvalue weighted by Gasteiger charge is 2.46. The first-order valence-corrected chi connectivity index (χ1v) is 12.0. The van der Waals surface area contributed by atoms with Gasteiger partial charge in [-0.3, -0.25) is 19.3 Å². The SMILES string of the molecule is O=C(NCCCc1ccc(Cl)c(Cl)c1)C1CN(C2CCN(Cc3ccccc3)C2)C(=O)C1=O. The molecule has 4 rings (SSSR count). The van der Waals surface area contributed by atoms with E-state index in [1.54, 1.807) is 11.0 Å². The van der Waals surface area contributed by atoms with E-state index < -0.39 is 17.6 Å². The van der Waals surface area contributed by atoms with Crippen molar-refractivity contribution in [2.24, 2.45) is 5.92 Å². The number of carbonyl (C=O) groups is 3. The van der Waals surface area contributed by atoms with Crippen LogP contribution in [-0.2, 0) is 27.3 Å². The summed E-state index contributed by atoms with van der Waals surface area (Å²) in [7, 11) is 0. The van der Waals surface area contributed by atoms with Crippen molar-refractivity contribution in [3.63, 3.8) is 0 Å². The molecule has 8 heteroatoms. The zero-order valence-corrected chi connectivity index (χ0v) is 19.8. The highest BCUT2D eigenvalue weighted by Crippen LogP contribution is 2.25. The molecule has 2 aromatic carbocycles. The molecule has 2 saturated heterocycles. The number of amides is 2. The number of hydrogen-bond donors (Lipinski definition) is 1. The minimum Gasteiger partial charge on any atom is -0.355 e. The molecule has 0 aliphatic carbocycles. The fourth-order valence-corrected chi connectivity index (χ4v) is 4.86. The topological polar surface area (TPSA) is 69.7 Å². The number of rotatable bonds is 8. The van der Waals surface area contributed by atoms with Crippen molar-refractivity contribution >= 4 is 40.8 Å². The third-order valence-electron chi connectivity index (χ3n) is 6.35. The molecule has 174 valence electrons. The molecule has 1 N–H and O–H groups in total. The molecular weight excluding hydrogens is 461 g/mol. The van der Waals surface area contributed by atoms with Gasteiger partial charge in [0, 0.05) is 38.8 Å². The Morgan fingerprint density at radius 2 is 1.79 bits per heavy atom. The van der Waals surface area contributed by atoms with Gasteiger partial charge in [-0.25, -0.2) is 0 Å². The van der Waals surface area contributed by atoms with Gasteiger partial charge in [-0.2, -0.15) is 0 Å². The van der Waals surface area contributed by atoms with Gasteiger partial charge >= 0.3 is 0 Å². The predicted octanol–water partition coefficient (Wildman–Crippen LogP) is 3.34. The lowest BCUT2D eigenvalue weighted by atomic mass is 10.1. The van der Waals surface area contributed by atoms with Crippen LogP contribution < -0.4 is 5.32 Å². The van der Waals surface area contributed by atoms with Gasteiger partial charge in [0.05, 0.1) is 10.0 Å². The summed E-state index contributed by atoms with van der Waals surface area (Å²) in [5.41, 5.74) is 2.25. The normalized spacial score (nSPS) is 21.1. The molecule has 33 heavy (non-hydrogen) atoms. The fraction of sp³-hybridized carbons (Fsp3) is 0.400. The van der Waals surface area contributed by atoms with Crippen molar-refractivity contribution in [2.75, 3.05) is 26.2 Å². The van der Waals surface area contributed by atoms with Crippen LogP contribution in [-0.4, -0.2) is 59.6 Å². The van der Waals surface area contributed by atoms with E-state index in [2.05, 4.69) is 22.3 Å². The van der Waals surface area contributed by atoms with Gasteiger partial charge in [-0.15, -0.1) is 0 Å². The maximum atomic E-state index is 12.6. The molecule has 6 nitrogen and oxygen atoms in total. The molecule has 2 fully saturated rings. The summed E-state index contributed by atoms with van der Waals surface area (Å²) >= 11 is 12.0. The largest absolute Gasteiger partial charge is 0.355 e. The number of Topliss-reactive ketones (excluding diaryl/α,β-unsaturated/α-hetero) is 1. The average molecular weight is 488 g/mol. The van der Waals surface area contributed by atoms with E-state index in [1.165, 1.54) is 5.56 Å². The molecule has 2 heterocycles. The van der Waals surface area contributed by atoms with Crippen LogP contribution in [0.1, 0.15) is 24.0 Å². The lowest BCUT2D eigenvalue weighted by molar-refractivity contribution is -0.143. The first-order valence-electron chi connectivity index (χ1n) is 11.2. The van der Waals surface area contributed by atoms with Gasteiger partial charge in [0.25, 0.3) is 5.91 Å². The summed E-state index contributed by atoms with van der Waals surface area (Å²) in [6.07, 6.45) is 2.23. The van der Waals surface area contributed by atoms with E-state index in [0.717, 1.165) is 31.5 Å². The molecule has 2 aliphatic rings. The summed E-state index contributed by atoms with van der Waals surface area (Å²) < 4.78 is 0. The first-order chi connectivity index (χ1) is 15.9. The molecule has 0 radical (unpaired) electrons. The molecule has 2 unspecified atom stereocenters. The van der Waals surface area contributed by atoms with E-state index in [4.69, 9.17) is 23.2 Å². The standard InChI is InChI=1S/C25H27Cl2N3O3/c26-21-9-8-17(13-22(21)27)7-4-11-28-24(32)20-16-30(25(33)23(20)31)19-10-12-29(15-19)14-18-5-2-1-3-6-18/h1-3,5-6,8-9,13,19-20H,4,7,10-12,14-16H2,(H,28,32). The summed E-state index contributed by atoms with van der Waals surface area (Å²) in [6, 6.07) is 15.6. The molecule has 2 aromatic rings. The maximum Gasteiger partial charge on any atom is 0.291 e. The number of nitrogens with one attached hydrogen (secondary N) is 1. The van der Waals surface area contributed by atoms with E-state index >= 15 is 0 Å². The third-order valence-corrected chi connectivity index (χ3v) is 7.09. The van der Waals surface area contributed by atoms with Gasteiger partial charge < -0.3 is 10.2 Å². The van der Waals surface area contributed by atoms with Crippen molar-refractivity contribution in [2.45, 2.75) is 31.8 Å². The molecule has 0 aromatic heterocycles. The van der Waals surface area contributed by atoms with Gasteiger partial charge in [0.15, 0.2) is 0 Å². The monoisotopic (exact) mass is 487 g/mol. The Morgan fingerprint density at radius 1 is 1.00 bits per heavy atom. The molecule has 2 aliphatic heterocycles. The van der Waals surface area contributed by atoms with Gasteiger partial charge in [0.2, 0.25) is 11.7 Å². The number of aryl methyl sites for hydroxylation is 1. The second-order valence-corrected chi connectivity index (χ2v) is 9.50. The Balaban J connectivity index is 1.24. The Kier molecular flexibility index (Phi) is 7.68. The smallest absolute Gasteiger partial charge is 0.291 e. The summed E-state index contributed by atoms with van der Waals surface area (Å²) in [5, 5.41) is 3.83. The summed E-state index contributed by atoms with van der Waals surface area (Å²) in [5.74, 6) is -2.43. The molecule has 2 atom stereocenters. The molecule has 2 amide bonds. The Morgan fingerprint density at radius 3 is 2.55 bits per heavy atom. The quantitative estimate of drug-likeness (QED) is 0.352. The number of likely N-dealkylation sites (tertiary alicyclic amines) is 2. The Hall–Kier alpha value is -2.41. The maximum absolute atomic E-state index is 12.6. The average Bonchev–Trinajstić information content (AvgIpc) is 3.38. The van der Waals surface area contributed by atoms with Crippen LogP contribution in [0.15, 0.2) is 48.5 Å². The Bertz CT molecular complexity index is 1030. The van der Waals surface area contributed by atoms with Crippen LogP contribution in [0.5, 0.6) is 0 Å². The first kappa shape index (κ1) is 23.7.